The number of aromatic nitrogens is 2. The highest BCUT2D eigenvalue weighted by Crippen LogP contribution is 2.24. The first-order valence-corrected chi connectivity index (χ1v) is 13.3. The Hall–Kier alpha value is -4.52. The van der Waals surface area contributed by atoms with Crippen LogP contribution in [0.1, 0.15) is 34.5 Å². The van der Waals surface area contributed by atoms with E-state index in [0.29, 0.717) is 31.7 Å². The van der Waals surface area contributed by atoms with E-state index in [1.807, 2.05) is 116 Å². The summed E-state index contributed by atoms with van der Waals surface area (Å²) in [5.41, 5.74) is 4.37. The molecular formula is C32H33N5O2. The molecule has 1 fully saturated rings. The van der Waals surface area contributed by atoms with Crippen LogP contribution in [0.5, 0.6) is 0 Å². The van der Waals surface area contributed by atoms with Crippen LogP contribution in [0.3, 0.4) is 0 Å². The molecule has 0 aliphatic carbocycles. The lowest BCUT2D eigenvalue weighted by molar-refractivity contribution is -0.132. The van der Waals surface area contributed by atoms with E-state index in [2.05, 4.69) is 15.1 Å². The lowest BCUT2D eigenvalue weighted by Crippen LogP contribution is -2.52. The van der Waals surface area contributed by atoms with E-state index in [-0.39, 0.29) is 24.4 Å². The SMILES string of the molecule is Cc1ccccc1C(=O)N(CC(=O)N1CCN(c2ccc(-c3ccccc3)nn2)CC1)[C@@H](C)c1ccccc1. The molecular weight excluding hydrogens is 486 g/mol. The van der Waals surface area contributed by atoms with Crippen LogP contribution >= 0.6 is 0 Å². The number of aryl methyl sites for hydroxylation is 1. The molecule has 1 saturated heterocycles. The monoisotopic (exact) mass is 519 g/mol. The van der Waals surface area contributed by atoms with Gasteiger partial charge in [0.05, 0.1) is 11.7 Å². The van der Waals surface area contributed by atoms with Crippen molar-refractivity contribution >= 4 is 17.6 Å². The highest BCUT2D eigenvalue weighted by atomic mass is 16.2. The topological polar surface area (TPSA) is 69.6 Å². The molecule has 198 valence electrons. The van der Waals surface area contributed by atoms with E-state index in [1.165, 1.54) is 0 Å². The van der Waals surface area contributed by atoms with Crippen LogP contribution < -0.4 is 4.90 Å². The molecule has 0 unspecified atom stereocenters. The van der Waals surface area contributed by atoms with Crippen LogP contribution in [0.4, 0.5) is 5.82 Å². The normalized spacial score (nSPS) is 14.1. The first-order chi connectivity index (χ1) is 19.0. The van der Waals surface area contributed by atoms with Gasteiger partial charge in [-0.05, 0) is 43.2 Å². The van der Waals surface area contributed by atoms with Crippen molar-refractivity contribution in [3.8, 4) is 11.3 Å². The van der Waals surface area contributed by atoms with E-state index in [0.717, 1.165) is 28.2 Å². The number of piperazine rings is 1. The lowest BCUT2D eigenvalue weighted by Gasteiger charge is -2.37. The summed E-state index contributed by atoms with van der Waals surface area (Å²) in [4.78, 5) is 32.9. The molecule has 3 aromatic carbocycles. The molecule has 0 N–H and O–H groups in total. The molecule has 5 rings (SSSR count). The molecule has 7 heteroatoms. The summed E-state index contributed by atoms with van der Waals surface area (Å²) in [7, 11) is 0. The van der Waals surface area contributed by atoms with Gasteiger partial charge in [-0.2, -0.15) is 0 Å². The summed E-state index contributed by atoms with van der Waals surface area (Å²) in [6, 6.07) is 31.1. The standard InChI is InChI=1S/C32H33N5O2/c1-24-11-9-10-16-28(24)32(39)37(25(2)26-12-5-3-6-13-26)23-31(38)36-21-19-35(20-22-36)30-18-17-29(33-34-30)27-14-7-4-8-15-27/h3-18,25H,19-23H2,1-2H3/t25-/m0/s1. The molecule has 1 aliphatic heterocycles. The Balaban J connectivity index is 1.26. The van der Waals surface area contributed by atoms with Gasteiger partial charge in [-0.25, -0.2) is 0 Å². The molecule has 0 radical (unpaired) electrons. The van der Waals surface area contributed by atoms with Crippen LogP contribution in [0.2, 0.25) is 0 Å². The van der Waals surface area contributed by atoms with Crippen molar-refractivity contribution in [2.75, 3.05) is 37.6 Å². The number of amides is 2. The number of hydrogen-bond donors (Lipinski definition) is 0. The summed E-state index contributed by atoms with van der Waals surface area (Å²) in [6.07, 6.45) is 0. The minimum atomic E-state index is -0.248. The summed E-state index contributed by atoms with van der Waals surface area (Å²) in [6.45, 7) is 6.37. The smallest absolute Gasteiger partial charge is 0.255 e. The van der Waals surface area contributed by atoms with Gasteiger partial charge in [0.25, 0.3) is 5.91 Å². The van der Waals surface area contributed by atoms with Crippen LogP contribution in [-0.2, 0) is 4.79 Å². The maximum atomic E-state index is 13.7. The van der Waals surface area contributed by atoms with Crippen LogP contribution in [-0.4, -0.2) is 64.5 Å². The minimum Gasteiger partial charge on any atom is -0.352 e. The molecule has 39 heavy (non-hydrogen) atoms. The van der Waals surface area contributed by atoms with Crippen LogP contribution in [0.25, 0.3) is 11.3 Å². The lowest BCUT2D eigenvalue weighted by atomic mass is 10.0. The van der Waals surface area contributed by atoms with Crippen molar-refractivity contribution in [1.82, 2.24) is 20.0 Å². The van der Waals surface area contributed by atoms with Crippen molar-refractivity contribution in [3.05, 3.63) is 114 Å². The van der Waals surface area contributed by atoms with Gasteiger partial charge in [-0.15, -0.1) is 10.2 Å². The van der Waals surface area contributed by atoms with Gasteiger partial charge in [0.1, 0.15) is 6.54 Å². The van der Waals surface area contributed by atoms with Gasteiger partial charge >= 0.3 is 0 Å². The number of anilines is 1. The van der Waals surface area contributed by atoms with Crippen molar-refractivity contribution in [3.63, 3.8) is 0 Å². The maximum Gasteiger partial charge on any atom is 0.255 e. The summed E-state index contributed by atoms with van der Waals surface area (Å²) in [5.74, 6) is 0.617. The highest BCUT2D eigenvalue weighted by molar-refractivity contribution is 5.98. The van der Waals surface area contributed by atoms with Crippen LogP contribution in [0, 0.1) is 6.92 Å². The molecule has 1 aromatic heterocycles. The number of benzene rings is 3. The molecule has 2 heterocycles. The largest absolute Gasteiger partial charge is 0.352 e. The summed E-state index contributed by atoms with van der Waals surface area (Å²) >= 11 is 0. The molecule has 0 bridgehead atoms. The van der Waals surface area contributed by atoms with E-state index in [4.69, 9.17) is 0 Å². The first-order valence-electron chi connectivity index (χ1n) is 13.3. The molecule has 0 spiro atoms. The van der Waals surface area contributed by atoms with E-state index >= 15 is 0 Å². The molecule has 7 nitrogen and oxygen atoms in total. The zero-order chi connectivity index (χ0) is 27.2. The highest BCUT2D eigenvalue weighted by Gasteiger charge is 2.29. The summed E-state index contributed by atoms with van der Waals surface area (Å²) in [5, 5.41) is 8.84. The van der Waals surface area contributed by atoms with E-state index in [9.17, 15) is 9.59 Å². The second kappa shape index (κ2) is 11.9. The molecule has 1 aliphatic rings. The molecule has 2 amide bonds. The van der Waals surface area contributed by atoms with Gasteiger partial charge in [0.15, 0.2) is 5.82 Å². The van der Waals surface area contributed by atoms with Gasteiger partial charge in [-0.3, -0.25) is 9.59 Å². The predicted octanol–water partition coefficient (Wildman–Crippen LogP) is 5.00. The average Bonchev–Trinajstić information content (AvgIpc) is 3.00. The number of nitrogens with zero attached hydrogens (tertiary/aromatic N) is 5. The van der Waals surface area contributed by atoms with E-state index in [1.54, 1.807) is 4.90 Å². The van der Waals surface area contributed by atoms with Gasteiger partial charge < -0.3 is 14.7 Å². The number of rotatable bonds is 7. The summed E-state index contributed by atoms with van der Waals surface area (Å²) < 4.78 is 0. The fourth-order valence-corrected chi connectivity index (χ4v) is 4.95. The van der Waals surface area contributed by atoms with Gasteiger partial charge in [-0.1, -0.05) is 78.9 Å². The number of hydrogen-bond acceptors (Lipinski definition) is 5. The fourth-order valence-electron chi connectivity index (χ4n) is 4.95. The molecule has 4 aromatic rings. The van der Waals surface area contributed by atoms with Crippen molar-refractivity contribution < 1.29 is 9.59 Å². The molecule has 0 saturated carbocycles. The third kappa shape index (κ3) is 5.98. The van der Waals surface area contributed by atoms with Gasteiger partial charge in [0, 0.05) is 37.3 Å². The van der Waals surface area contributed by atoms with Crippen LogP contribution in [0.15, 0.2) is 97.1 Å². The second-order valence-electron chi connectivity index (χ2n) is 9.85. The third-order valence-corrected chi connectivity index (χ3v) is 7.37. The zero-order valence-corrected chi connectivity index (χ0v) is 22.4. The van der Waals surface area contributed by atoms with E-state index < -0.39 is 0 Å². The average molecular weight is 520 g/mol. The van der Waals surface area contributed by atoms with Crippen molar-refractivity contribution in [2.24, 2.45) is 0 Å². The first kappa shape index (κ1) is 26.1. The maximum absolute atomic E-state index is 13.7. The van der Waals surface area contributed by atoms with Crippen molar-refractivity contribution in [2.45, 2.75) is 19.9 Å². The second-order valence-corrected chi connectivity index (χ2v) is 9.85. The minimum absolute atomic E-state index is 0.0226. The Morgan fingerprint density at radius 2 is 1.44 bits per heavy atom. The Kier molecular flexibility index (Phi) is 7.96. The quantitative estimate of drug-likeness (QED) is 0.344. The Bertz CT molecular complexity index is 1400. The fraction of sp³-hybridized carbons (Fsp3) is 0.250. The number of carbonyl (C=O) groups excluding carboxylic acids is 2. The predicted molar refractivity (Wildman–Crippen MR) is 153 cm³/mol. The van der Waals surface area contributed by atoms with Crippen molar-refractivity contribution in [1.29, 1.82) is 0 Å². The third-order valence-electron chi connectivity index (χ3n) is 7.37. The van der Waals surface area contributed by atoms with Gasteiger partial charge in [0.2, 0.25) is 5.91 Å². The zero-order valence-electron chi connectivity index (χ0n) is 22.4. The Morgan fingerprint density at radius 1 is 0.795 bits per heavy atom. The number of carbonyl (C=O) groups is 2. The Labute approximate surface area is 229 Å². The molecule has 1 atom stereocenters. The Morgan fingerprint density at radius 3 is 2.08 bits per heavy atom.